The maximum absolute atomic E-state index is 5.74. The molecule has 0 radical (unpaired) electrons. The van der Waals surface area contributed by atoms with Crippen molar-refractivity contribution >= 4 is 0 Å². The molecule has 2 fully saturated rings. The van der Waals surface area contributed by atoms with E-state index in [9.17, 15) is 0 Å². The molecule has 1 N–H and O–H groups in total. The first-order chi connectivity index (χ1) is 5.85. The van der Waals surface area contributed by atoms with Gasteiger partial charge in [0.1, 0.15) is 0 Å². The van der Waals surface area contributed by atoms with E-state index in [0.29, 0.717) is 0 Å². The zero-order valence-electron chi connectivity index (χ0n) is 7.81. The molecule has 0 aromatic heterocycles. The van der Waals surface area contributed by atoms with Crippen LogP contribution in [-0.4, -0.2) is 43.4 Å². The molecule has 0 bridgehead atoms. The molecule has 3 nitrogen and oxygen atoms in total. The highest BCUT2D eigenvalue weighted by Gasteiger charge is 2.37. The summed E-state index contributed by atoms with van der Waals surface area (Å²) in [5.74, 6) is 0. The molecule has 0 aliphatic carbocycles. The van der Waals surface area contributed by atoms with Crippen LogP contribution in [0.3, 0.4) is 0 Å². The van der Waals surface area contributed by atoms with Gasteiger partial charge >= 0.3 is 0 Å². The van der Waals surface area contributed by atoms with Crippen molar-refractivity contribution in [2.45, 2.75) is 25.4 Å². The fraction of sp³-hybridized carbons (Fsp3) is 1.00. The number of piperidine rings is 1. The predicted octanol–water partition coefficient (Wildman–Crippen LogP) is 0.418. The van der Waals surface area contributed by atoms with E-state index in [1.165, 1.54) is 32.5 Å². The van der Waals surface area contributed by atoms with Gasteiger partial charge in [0.15, 0.2) is 0 Å². The molecule has 0 amide bonds. The van der Waals surface area contributed by atoms with Crippen molar-refractivity contribution in [3.8, 4) is 0 Å². The van der Waals surface area contributed by atoms with Gasteiger partial charge in [0.05, 0.1) is 12.3 Å². The first-order valence-corrected chi connectivity index (χ1v) is 4.92. The van der Waals surface area contributed by atoms with Crippen LogP contribution in [0.25, 0.3) is 0 Å². The molecule has 0 saturated carbocycles. The summed E-state index contributed by atoms with van der Waals surface area (Å²) in [6.45, 7) is 7.64. The van der Waals surface area contributed by atoms with Crippen LogP contribution in [-0.2, 0) is 4.74 Å². The summed E-state index contributed by atoms with van der Waals surface area (Å²) >= 11 is 0. The summed E-state index contributed by atoms with van der Waals surface area (Å²) in [6, 6.07) is 0. The molecule has 1 spiro atoms. The Bertz CT molecular complexity index is 145. The molecule has 0 unspecified atom stereocenters. The van der Waals surface area contributed by atoms with Gasteiger partial charge in [-0.2, -0.15) is 0 Å². The smallest absolute Gasteiger partial charge is 0.0974 e. The molecule has 2 saturated heterocycles. The quantitative estimate of drug-likeness (QED) is 0.617. The monoisotopic (exact) mass is 170 g/mol. The SMILES string of the molecule is CCN1CCC2(CC1)CNCO2. The molecule has 0 aromatic carbocycles. The van der Waals surface area contributed by atoms with E-state index in [4.69, 9.17) is 4.74 Å². The summed E-state index contributed by atoms with van der Waals surface area (Å²) in [7, 11) is 0. The molecule has 0 aromatic rings. The third kappa shape index (κ3) is 1.49. The highest BCUT2D eigenvalue weighted by Crippen LogP contribution is 2.27. The molecule has 12 heavy (non-hydrogen) atoms. The summed E-state index contributed by atoms with van der Waals surface area (Å²) < 4.78 is 5.74. The fourth-order valence-electron chi connectivity index (χ4n) is 2.13. The highest BCUT2D eigenvalue weighted by molar-refractivity contribution is 4.91. The zero-order valence-corrected chi connectivity index (χ0v) is 7.81. The normalized spacial score (nSPS) is 29.8. The van der Waals surface area contributed by atoms with Crippen molar-refractivity contribution in [2.24, 2.45) is 0 Å². The Labute approximate surface area is 74.1 Å². The van der Waals surface area contributed by atoms with E-state index in [2.05, 4.69) is 17.1 Å². The van der Waals surface area contributed by atoms with Gasteiger partial charge in [0.25, 0.3) is 0 Å². The summed E-state index contributed by atoms with van der Waals surface area (Å²) in [5.41, 5.74) is 0.200. The Morgan fingerprint density at radius 3 is 2.67 bits per heavy atom. The number of rotatable bonds is 1. The minimum absolute atomic E-state index is 0.200. The lowest BCUT2D eigenvalue weighted by Gasteiger charge is -2.37. The van der Waals surface area contributed by atoms with Crippen molar-refractivity contribution in [1.82, 2.24) is 10.2 Å². The third-order valence-corrected chi connectivity index (χ3v) is 3.14. The Morgan fingerprint density at radius 1 is 1.42 bits per heavy atom. The summed E-state index contributed by atoms with van der Waals surface area (Å²) in [5, 5.41) is 3.27. The van der Waals surface area contributed by atoms with Gasteiger partial charge in [-0.05, 0) is 19.4 Å². The van der Waals surface area contributed by atoms with Crippen molar-refractivity contribution < 1.29 is 4.74 Å². The topological polar surface area (TPSA) is 24.5 Å². The number of ether oxygens (including phenoxy) is 1. The van der Waals surface area contributed by atoms with E-state index < -0.39 is 0 Å². The van der Waals surface area contributed by atoms with Crippen LogP contribution < -0.4 is 5.32 Å². The minimum atomic E-state index is 0.200. The molecule has 0 atom stereocenters. The van der Waals surface area contributed by atoms with Crippen LogP contribution >= 0.6 is 0 Å². The van der Waals surface area contributed by atoms with Crippen LogP contribution in [0.4, 0.5) is 0 Å². The summed E-state index contributed by atoms with van der Waals surface area (Å²) in [6.07, 6.45) is 2.40. The zero-order chi connectivity index (χ0) is 8.44. The van der Waals surface area contributed by atoms with E-state index in [1.54, 1.807) is 0 Å². The van der Waals surface area contributed by atoms with Crippen LogP contribution in [0.5, 0.6) is 0 Å². The highest BCUT2D eigenvalue weighted by atomic mass is 16.5. The van der Waals surface area contributed by atoms with Crippen LogP contribution in [0.2, 0.25) is 0 Å². The Balaban J connectivity index is 1.88. The van der Waals surface area contributed by atoms with Gasteiger partial charge < -0.3 is 9.64 Å². The average Bonchev–Trinajstić information content (AvgIpc) is 2.55. The lowest BCUT2D eigenvalue weighted by molar-refractivity contribution is -0.0356. The largest absolute Gasteiger partial charge is 0.358 e. The van der Waals surface area contributed by atoms with Crippen LogP contribution in [0.1, 0.15) is 19.8 Å². The Hall–Kier alpha value is -0.120. The minimum Gasteiger partial charge on any atom is -0.358 e. The van der Waals surface area contributed by atoms with E-state index in [0.717, 1.165) is 13.3 Å². The average molecular weight is 170 g/mol. The van der Waals surface area contributed by atoms with E-state index >= 15 is 0 Å². The molecule has 3 heteroatoms. The predicted molar refractivity (Wildman–Crippen MR) is 48.0 cm³/mol. The van der Waals surface area contributed by atoms with Crippen molar-refractivity contribution in [3.05, 3.63) is 0 Å². The molecule has 70 valence electrons. The van der Waals surface area contributed by atoms with E-state index in [1.807, 2.05) is 0 Å². The molecule has 2 rings (SSSR count). The number of likely N-dealkylation sites (tertiary alicyclic amines) is 1. The van der Waals surface area contributed by atoms with E-state index in [-0.39, 0.29) is 5.60 Å². The summed E-state index contributed by atoms with van der Waals surface area (Å²) in [4.78, 5) is 2.49. The molecular formula is C9H18N2O. The second kappa shape index (κ2) is 3.32. The molecule has 2 heterocycles. The van der Waals surface area contributed by atoms with Crippen LogP contribution in [0, 0.1) is 0 Å². The fourth-order valence-corrected chi connectivity index (χ4v) is 2.13. The number of hydrogen-bond donors (Lipinski definition) is 1. The second-order valence-corrected chi connectivity index (χ2v) is 3.83. The second-order valence-electron chi connectivity index (χ2n) is 3.83. The Morgan fingerprint density at radius 2 is 2.17 bits per heavy atom. The Kier molecular flexibility index (Phi) is 2.35. The lowest BCUT2D eigenvalue weighted by atomic mass is 9.92. The number of nitrogens with one attached hydrogen (secondary N) is 1. The van der Waals surface area contributed by atoms with Crippen molar-refractivity contribution in [1.29, 1.82) is 0 Å². The van der Waals surface area contributed by atoms with Crippen molar-refractivity contribution in [2.75, 3.05) is 32.9 Å². The van der Waals surface area contributed by atoms with Gasteiger partial charge in [0, 0.05) is 19.6 Å². The maximum Gasteiger partial charge on any atom is 0.0974 e. The maximum atomic E-state index is 5.74. The van der Waals surface area contributed by atoms with Gasteiger partial charge in [-0.15, -0.1) is 0 Å². The van der Waals surface area contributed by atoms with Gasteiger partial charge in [-0.1, -0.05) is 6.92 Å². The van der Waals surface area contributed by atoms with Gasteiger partial charge in [-0.25, -0.2) is 0 Å². The lowest BCUT2D eigenvalue weighted by Crippen LogP contribution is -2.46. The van der Waals surface area contributed by atoms with Gasteiger partial charge in [0.2, 0.25) is 0 Å². The number of nitrogens with zero attached hydrogens (tertiary/aromatic N) is 1. The standard InChI is InChI=1S/C9H18N2O/c1-2-11-5-3-9(4-6-11)7-10-8-12-9/h10H,2-8H2,1H3. The molecule has 2 aliphatic rings. The first kappa shape index (κ1) is 8.48. The van der Waals surface area contributed by atoms with Crippen LogP contribution in [0.15, 0.2) is 0 Å². The molecular weight excluding hydrogens is 152 g/mol. The first-order valence-electron chi connectivity index (χ1n) is 4.92. The molecule has 2 aliphatic heterocycles. The number of hydrogen-bond acceptors (Lipinski definition) is 3. The van der Waals surface area contributed by atoms with Gasteiger partial charge in [-0.3, -0.25) is 5.32 Å². The third-order valence-electron chi connectivity index (χ3n) is 3.14. The van der Waals surface area contributed by atoms with Crippen molar-refractivity contribution in [3.63, 3.8) is 0 Å².